The number of pyridine rings is 1. The van der Waals surface area contributed by atoms with Gasteiger partial charge in [0.05, 0.1) is 29.9 Å². The maximum atomic E-state index is 12.6. The molecule has 0 saturated heterocycles. The van der Waals surface area contributed by atoms with Gasteiger partial charge in [-0.2, -0.15) is 0 Å². The van der Waals surface area contributed by atoms with E-state index in [2.05, 4.69) is 4.98 Å². The number of esters is 1. The maximum Gasteiger partial charge on any atom is 0.341 e. The van der Waals surface area contributed by atoms with E-state index in [0.29, 0.717) is 39.4 Å². The van der Waals surface area contributed by atoms with Crippen molar-refractivity contribution < 1.29 is 23.7 Å². The van der Waals surface area contributed by atoms with Crippen LogP contribution in [0.2, 0.25) is 5.02 Å². The van der Waals surface area contributed by atoms with Crippen molar-refractivity contribution in [2.75, 3.05) is 20.5 Å². The molecule has 0 atom stereocenters. The maximum absolute atomic E-state index is 12.6. The molecular weight excluding hydrogens is 370 g/mol. The average Bonchev–Trinajstić information content (AvgIpc) is 3.15. The van der Waals surface area contributed by atoms with E-state index in [1.54, 1.807) is 50.4 Å². The van der Waals surface area contributed by atoms with Gasteiger partial charge < -0.3 is 18.9 Å². The van der Waals surface area contributed by atoms with Crippen LogP contribution >= 0.6 is 11.6 Å². The molecule has 3 aromatic rings. The third-order valence-electron chi connectivity index (χ3n) is 4.26. The molecule has 0 fully saturated rings. The van der Waals surface area contributed by atoms with Gasteiger partial charge in [-0.25, -0.2) is 9.78 Å². The van der Waals surface area contributed by atoms with E-state index in [1.807, 2.05) is 0 Å². The zero-order chi connectivity index (χ0) is 19.0. The van der Waals surface area contributed by atoms with Gasteiger partial charge in [-0.3, -0.25) is 0 Å². The summed E-state index contributed by atoms with van der Waals surface area (Å²) < 4.78 is 21.3. The van der Waals surface area contributed by atoms with Crippen LogP contribution in [0.1, 0.15) is 17.3 Å². The molecule has 1 aliphatic rings. The van der Waals surface area contributed by atoms with Gasteiger partial charge in [0, 0.05) is 17.0 Å². The number of methoxy groups -OCH3 is 1. The Bertz CT molecular complexity index is 1050. The largest absolute Gasteiger partial charge is 0.497 e. The molecule has 138 valence electrons. The molecular formula is C20H16ClNO5. The number of ether oxygens (including phenoxy) is 4. The average molecular weight is 386 g/mol. The monoisotopic (exact) mass is 385 g/mol. The van der Waals surface area contributed by atoms with Crippen molar-refractivity contribution in [1.29, 1.82) is 0 Å². The van der Waals surface area contributed by atoms with Crippen molar-refractivity contribution in [3.8, 4) is 28.5 Å². The minimum atomic E-state index is -0.527. The molecule has 0 bridgehead atoms. The molecule has 0 radical (unpaired) electrons. The highest BCUT2D eigenvalue weighted by molar-refractivity contribution is 6.39. The Labute approximate surface area is 160 Å². The van der Waals surface area contributed by atoms with Crippen LogP contribution in [0.25, 0.3) is 22.2 Å². The third-order valence-corrected chi connectivity index (χ3v) is 4.65. The number of hydrogen-bond acceptors (Lipinski definition) is 6. The van der Waals surface area contributed by atoms with Crippen LogP contribution in [-0.4, -0.2) is 31.5 Å². The van der Waals surface area contributed by atoms with Gasteiger partial charge in [-0.15, -0.1) is 0 Å². The van der Waals surface area contributed by atoms with Crippen molar-refractivity contribution >= 4 is 28.5 Å². The number of fused-ring (bicyclic) bond motifs is 2. The van der Waals surface area contributed by atoms with Crippen LogP contribution in [0.3, 0.4) is 0 Å². The SMILES string of the molecule is CCOC(=O)c1c(-c2ccc3c(c2)OCO3)nc2cc(OC)ccc2c1Cl. The summed E-state index contributed by atoms with van der Waals surface area (Å²) in [5, 5.41) is 0.929. The molecule has 1 aliphatic heterocycles. The fourth-order valence-electron chi connectivity index (χ4n) is 2.97. The number of carbonyl (C=O) groups excluding carboxylic acids is 1. The number of hydrogen-bond donors (Lipinski definition) is 0. The van der Waals surface area contributed by atoms with Crippen molar-refractivity contribution in [3.63, 3.8) is 0 Å². The Kier molecular flexibility index (Phi) is 4.49. The zero-order valence-corrected chi connectivity index (χ0v) is 15.5. The van der Waals surface area contributed by atoms with Crippen LogP contribution in [0.15, 0.2) is 36.4 Å². The van der Waals surface area contributed by atoms with E-state index in [-0.39, 0.29) is 24.0 Å². The second kappa shape index (κ2) is 6.96. The zero-order valence-electron chi connectivity index (χ0n) is 14.7. The first-order chi connectivity index (χ1) is 13.1. The predicted octanol–water partition coefficient (Wildman–Crippen LogP) is 4.47. The molecule has 0 N–H and O–H groups in total. The van der Waals surface area contributed by atoms with Crippen molar-refractivity contribution in [2.24, 2.45) is 0 Å². The standard InChI is InChI=1S/C20H16ClNO5/c1-3-25-20(23)17-18(21)13-6-5-12(24-2)9-14(13)22-19(17)11-4-7-15-16(8-11)27-10-26-15/h4-9H,3,10H2,1-2H3. The number of benzene rings is 2. The molecule has 6 nitrogen and oxygen atoms in total. The molecule has 1 aromatic heterocycles. The van der Waals surface area contributed by atoms with Gasteiger partial charge in [-0.05, 0) is 37.3 Å². The topological polar surface area (TPSA) is 66.9 Å². The van der Waals surface area contributed by atoms with E-state index >= 15 is 0 Å². The van der Waals surface area contributed by atoms with Crippen molar-refractivity contribution in [2.45, 2.75) is 6.92 Å². The van der Waals surface area contributed by atoms with Gasteiger partial charge in [0.15, 0.2) is 11.5 Å². The third kappa shape index (κ3) is 3.02. The summed E-state index contributed by atoms with van der Waals surface area (Å²) >= 11 is 6.60. The number of rotatable bonds is 4. The molecule has 0 saturated carbocycles. The Morgan fingerprint density at radius 2 is 2.00 bits per heavy atom. The van der Waals surface area contributed by atoms with Gasteiger partial charge in [0.25, 0.3) is 0 Å². The summed E-state index contributed by atoms with van der Waals surface area (Å²) in [7, 11) is 1.58. The van der Waals surface area contributed by atoms with Crippen LogP contribution in [-0.2, 0) is 4.74 Å². The Balaban J connectivity index is 1.98. The summed E-state index contributed by atoms with van der Waals surface area (Å²) in [5.74, 6) is 1.35. The molecule has 2 aromatic carbocycles. The highest BCUT2D eigenvalue weighted by Crippen LogP contribution is 2.39. The first-order valence-electron chi connectivity index (χ1n) is 8.36. The summed E-state index contributed by atoms with van der Waals surface area (Å²) in [6.45, 7) is 2.13. The smallest absolute Gasteiger partial charge is 0.341 e. The molecule has 4 rings (SSSR count). The minimum Gasteiger partial charge on any atom is -0.497 e. The molecule has 2 heterocycles. The first kappa shape index (κ1) is 17.4. The quantitative estimate of drug-likeness (QED) is 0.617. The number of carbonyl (C=O) groups is 1. The van der Waals surface area contributed by atoms with E-state index in [1.165, 1.54) is 0 Å². The minimum absolute atomic E-state index is 0.159. The van der Waals surface area contributed by atoms with Gasteiger partial charge >= 0.3 is 5.97 Å². The lowest BCUT2D eigenvalue weighted by molar-refractivity contribution is 0.0527. The van der Waals surface area contributed by atoms with Gasteiger partial charge in [0.2, 0.25) is 6.79 Å². The van der Waals surface area contributed by atoms with Crippen molar-refractivity contribution in [3.05, 3.63) is 47.0 Å². The number of nitrogens with zero attached hydrogens (tertiary/aromatic N) is 1. The lowest BCUT2D eigenvalue weighted by Gasteiger charge is -2.14. The Morgan fingerprint density at radius 3 is 2.78 bits per heavy atom. The normalized spacial score (nSPS) is 12.3. The van der Waals surface area contributed by atoms with E-state index < -0.39 is 5.97 Å². The van der Waals surface area contributed by atoms with E-state index in [0.717, 1.165) is 0 Å². The molecule has 27 heavy (non-hydrogen) atoms. The molecule has 7 heteroatoms. The molecule has 0 spiro atoms. The van der Waals surface area contributed by atoms with Gasteiger partial charge in [-0.1, -0.05) is 11.6 Å². The fourth-order valence-corrected chi connectivity index (χ4v) is 3.30. The van der Waals surface area contributed by atoms with Crippen LogP contribution in [0, 0.1) is 0 Å². The first-order valence-corrected chi connectivity index (χ1v) is 8.74. The lowest BCUT2D eigenvalue weighted by Crippen LogP contribution is -2.09. The van der Waals surface area contributed by atoms with Crippen LogP contribution in [0.4, 0.5) is 0 Å². The van der Waals surface area contributed by atoms with E-state index in [9.17, 15) is 4.79 Å². The van der Waals surface area contributed by atoms with Gasteiger partial charge in [0.1, 0.15) is 11.3 Å². The van der Waals surface area contributed by atoms with Crippen LogP contribution < -0.4 is 14.2 Å². The molecule has 0 aliphatic carbocycles. The second-order valence-corrected chi connectivity index (χ2v) is 6.20. The molecule has 0 amide bonds. The predicted molar refractivity (Wildman–Crippen MR) is 101 cm³/mol. The highest BCUT2D eigenvalue weighted by atomic mass is 35.5. The fraction of sp³-hybridized carbons (Fsp3) is 0.200. The summed E-state index contributed by atoms with van der Waals surface area (Å²) in [6, 6.07) is 10.7. The summed E-state index contributed by atoms with van der Waals surface area (Å²) in [5.41, 5.74) is 1.92. The summed E-state index contributed by atoms with van der Waals surface area (Å²) in [4.78, 5) is 17.3. The Hall–Kier alpha value is -2.99. The summed E-state index contributed by atoms with van der Waals surface area (Å²) in [6.07, 6.45) is 0. The lowest BCUT2D eigenvalue weighted by atomic mass is 10.0. The van der Waals surface area contributed by atoms with Crippen molar-refractivity contribution in [1.82, 2.24) is 4.98 Å². The molecule has 0 unspecified atom stereocenters. The number of halogens is 1. The number of aromatic nitrogens is 1. The van der Waals surface area contributed by atoms with E-state index in [4.69, 9.17) is 30.5 Å². The van der Waals surface area contributed by atoms with Crippen LogP contribution in [0.5, 0.6) is 17.2 Å². The Morgan fingerprint density at radius 1 is 1.19 bits per heavy atom. The highest BCUT2D eigenvalue weighted by Gasteiger charge is 2.24. The second-order valence-electron chi connectivity index (χ2n) is 5.82.